The lowest BCUT2D eigenvalue weighted by atomic mass is 9.76. The molecule has 0 aliphatic carbocycles. The van der Waals surface area contributed by atoms with E-state index >= 15 is 0 Å². The Balaban J connectivity index is 0.000000198. The minimum atomic E-state index is -1.52. The van der Waals surface area contributed by atoms with Crippen LogP contribution in [0.25, 0.3) is 0 Å². The second kappa shape index (κ2) is 20.8. The molecule has 0 saturated heterocycles. The van der Waals surface area contributed by atoms with Gasteiger partial charge in [0.2, 0.25) is 0 Å². The molecule has 0 radical (unpaired) electrons. The van der Waals surface area contributed by atoms with Crippen LogP contribution >= 0.6 is 0 Å². The van der Waals surface area contributed by atoms with Crippen molar-refractivity contribution in [1.82, 2.24) is 19.1 Å². The van der Waals surface area contributed by atoms with Crippen molar-refractivity contribution < 1.29 is 28.6 Å². The van der Waals surface area contributed by atoms with Crippen molar-refractivity contribution in [2.75, 3.05) is 21.3 Å². The third-order valence-corrected chi connectivity index (χ3v) is 12.1. The molecule has 66 heavy (non-hydrogen) atoms. The molecule has 0 saturated carbocycles. The molecule has 2 aromatic heterocycles. The second-order valence-electron chi connectivity index (χ2n) is 16.3. The summed E-state index contributed by atoms with van der Waals surface area (Å²) in [5.74, 6) is -1.82. The van der Waals surface area contributed by atoms with E-state index in [4.69, 9.17) is 14.2 Å². The molecule has 0 aliphatic heterocycles. The molecule has 1 atom stereocenters. The van der Waals surface area contributed by atoms with E-state index < -0.39 is 28.4 Å². The zero-order valence-electron chi connectivity index (χ0n) is 37.9. The van der Waals surface area contributed by atoms with Gasteiger partial charge in [-0.15, -0.1) is 0 Å². The first-order chi connectivity index (χ1) is 32.1. The zero-order chi connectivity index (χ0) is 46.6. The summed E-state index contributed by atoms with van der Waals surface area (Å²) in [5.41, 5.74) is 5.12. The van der Waals surface area contributed by atoms with Gasteiger partial charge in [0.1, 0.15) is 11.1 Å². The molecule has 0 fully saturated rings. The standard InChI is InChI=1S/C29H28N2O4.C27H26N2O2/c1-28(26(32)34-2,27(33)35-3)19-25-20-31(21-30-25)29(22-13-7-4-8-14-22,23-15-9-5-10-16-23)24-17-11-6-12-18-24;1-21(26(30)31-2)18-25-19-29(20-28-25)27(22-12-6-3-7-13-22,23-14-8-4-9-15-23)24-16-10-5-11-17-24/h4-18,20-21H,19H2,1-3H3;3-17,19-21H,18H2,1-2H3. The number of aromatic nitrogens is 4. The number of carbonyl (C=O) groups is 3. The smallest absolute Gasteiger partial charge is 0.323 e. The van der Waals surface area contributed by atoms with Gasteiger partial charge < -0.3 is 23.3 Å². The first-order valence-electron chi connectivity index (χ1n) is 21.8. The van der Waals surface area contributed by atoms with Crippen LogP contribution in [0.5, 0.6) is 0 Å². The number of benzene rings is 6. The van der Waals surface area contributed by atoms with Crippen LogP contribution in [0.4, 0.5) is 0 Å². The van der Waals surface area contributed by atoms with Crippen LogP contribution in [0.2, 0.25) is 0 Å². The minimum absolute atomic E-state index is 0.0355. The maximum Gasteiger partial charge on any atom is 0.323 e. The van der Waals surface area contributed by atoms with E-state index in [1.54, 1.807) is 6.33 Å². The number of methoxy groups -OCH3 is 3. The topological polar surface area (TPSA) is 115 Å². The van der Waals surface area contributed by atoms with Crippen molar-refractivity contribution in [2.45, 2.75) is 37.8 Å². The Hall–Kier alpha value is -7.85. The van der Waals surface area contributed by atoms with E-state index in [0.717, 1.165) is 39.1 Å². The van der Waals surface area contributed by atoms with E-state index in [1.165, 1.54) is 28.3 Å². The van der Waals surface area contributed by atoms with Crippen LogP contribution in [0.1, 0.15) is 58.6 Å². The normalized spacial score (nSPS) is 12.0. The van der Waals surface area contributed by atoms with Gasteiger partial charge in [0.25, 0.3) is 0 Å². The molecule has 6 aromatic carbocycles. The summed E-state index contributed by atoms with van der Waals surface area (Å²) >= 11 is 0. The molecule has 2 heterocycles. The first-order valence-corrected chi connectivity index (χ1v) is 21.8. The van der Waals surface area contributed by atoms with Crippen molar-refractivity contribution in [3.8, 4) is 0 Å². The summed E-state index contributed by atoms with van der Waals surface area (Å²) in [6.07, 6.45) is 8.11. The van der Waals surface area contributed by atoms with Gasteiger partial charge in [-0.3, -0.25) is 14.4 Å². The summed E-state index contributed by atoms with van der Waals surface area (Å²) in [6.45, 7) is 3.38. The Morgan fingerprint density at radius 2 is 0.758 bits per heavy atom. The van der Waals surface area contributed by atoms with E-state index in [-0.39, 0.29) is 18.3 Å². The van der Waals surface area contributed by atoms with Crippen molar-refractivity contribution >= 4 is 17.9 Å². The summed E-state index contributed by atoms with van der Waals surface area (Å²) < 4.78 is 18.9. The molecule has 8 rings (SSSR count). The predicted octanol–water partition coefficient (Wildman–Crippen LogP) is 9.69. The molecule has 0 spiro atoms. The first kappa shape index (κ1) is 46.2. The van der Waals surface area contributed by atoms with Crippen molar-refractivity contribution in [2.24, 2.45) is 11.3 Å². The Labute approximate surface area is 386 Å². The summed E-state index contributed by atoms with van der Waals surface area (Å²) in [4.78, 5) is 46.3. The van der Waals surface area contributed by atoms with Crippen LogP contribution in [0.15, 0.2) is 207 Å². The third kappa shape index (κ3) is 9.08. The van der Waals surface area contributed by atoms with Crippen LogP contribution in [-0.4, -0.2) is 58.3 Å². The summed E-state index contributed by atoms with van der Waals surface area (Å²) in [5, 5.41) is 0. The molecule has 0 amide bonds. The van der Waals surface area contributed by atoms with Crippen LogP contribution < -0.4 is 0 Å². The monoisotopic (exact) mass is 878 g/mol. The van der Waals surface area contributed by atoms with E-state index in [0.29, 0.717) is 12.1 Å². The number of esters is 3. The van der Waals surface area contributed by atoms with Gasteiger partial charge in [-0.2, -0.15) is 0 Å². The number of hydrogen-bond donors (Lipinski definition) is 0. The fraction of sp³-hybridized carbons (Fsp3) is 0.196. The Morgan fingerprint density at radius 1 is 0.470 bits per heavy atom. The van der Waals surface area contributed by atoms with Gasteiger partial charge in [-0.25, -0.2) is 9.97 Å². The van der Waals surface area contributed by atoms with Gasteiger partial charge >= 0.3 is 17.9 Å². The highest BCUT2D eigenvalue weighted by Crippen LogP contribution is 2.42. The number of hydrogen-bond acceptors (Lipinski definition) is 8. The van der Waals surface area contributed by atoms with E-state index in [2.05, 4.69) is 124 Å². The highest BCUT2D eigenvalue weighted by Gasteiger charge is 2.45. The molecule has 10 heteroatoms. The molecule has 0 N–H and O–H groups in total. The van der Waals surface area contributed by atoms with Crippen LogP contribution in [0, 0.1) is 11.3 Å². The number of imidazole rings is 2. The molecular weight excluding hydrogens is 825 g/mol. The maximum absolute atomic E-state index is 12.5. The molecule has 10 nitrogen and oxygen atoms in total. The van der Waals surface area contributed by atoms with E-state index in [9.17, 15) is 14.4 Å². The third-order valence-electron chi connectivity index (χ3n) is 12.1. The number of nitrogens with zero attached hydrogens (tertiary/aromatic N) is 4. The zero-order valence-corrected chi connectivity index (χ0v) is 37.9. The van der Waals surface area contributed by atoms with Crippen molar-refractivity contribution in [3.05, 3.63) is 252 Å². The molecule has 8 aromatic rings. The highest BCUT2D eigenvalue weighted by atomic mass is 16.5. The number of carbonyl (C=O) groups excluding carboxylic acids is 3. The largest absolute Gasteiger partial charge is 0.469 e. The fourth-order valence-corrected chi connectivity index (χ4v) is 8.90. The Kier molecular flexibility index (Phi) is 14.5. The fourth-order valence-electron chi connectivity index (χ4n) is 8.90. The average molecular weight is 879 g/mol. The minimum Gasteiger partial charge on any atom is -0.469 e. The van der Waals surface area contributed by atoms with Crippen LogP contribution in [-0.2, 0) is 52.5 Å². The Bertz CT molecular complexity index is 2590. The lowest BCUT2D eigenvalue weighted by Crippen LogP contribution is -2.40. The summed E-state index contributed by atoms with van der Waals surface area (Å²) in [6, 6.07) is 61.9. The average Bonchev–Trinajstić information content (AvgIpc) is 4.06. The molecular formula is C56H54N4O6. The molecule has 0 bridgehead atoms. The maximum atomic E-state index is 12.5. The highest BCUT2D eigenvalue weighted by molar-refractivity contribution is 5.99. The number of ether oxygens (including phenoxy) is 3. The molecule has 1 unspecified atom stereocenters. The van der Waals surface area contributed by atoms with Gasteiger partial charge in [-0.1, -0.05) is 189 Å². The van der Waals surface area contributed by atoms with Crippen molar-refractivity contribution in [3.63, 3.8) is 0 Å². The Morgan fingerprint density at radius 3 is 1.05 bits per heavy atom. The molecule has 0 aliphatic rings. The van der Waals surface area contributed by atoms with Gasteiger partial charge in [-0.05, 0) is 40.3 Å². The second-order valence-corrected chi connectivity index (χ2v) is 16.3. The lowest BCUT2D eigenvalue weighted by Gasteiger charge is -2.37. The van der Waals surface area contributed by atoms with Crippen LogP contribution in [0.3, 0.4) is 0 Å². The van der Waals surface area contributed by atoms with E-state index in [1.807, 2.05) is 103 Å². The predicted molar refractivity (Wildman–Crippen MR) is 254 cm³/mol. The van der Waals surface area contributed by atoms with Gasteiger partial charge in [0, 0.05) is 25.2 Å². The lowest BCUT2D eigenvalue weighted by molar-refractivity contribution is -0.167. The van der Waals surface area contributed by atoms with Gasteiger partial charge in [0.05, 0.1) is 51.3 Å². The molecule has 334 valence electrons. The SMILES string of the molecule is COC(=O)C(C)(Cc1cn(C(c2ccccc2)(c2ccccc2)c2ccccc2)cn1)C(=O)OC.COC(=O)C(C)Cc1cn(C(c2ccccc2)(c2ccccc2)c2ccccc2)cn1. The number of rotatable bonds is 15. The summed E-state index contributed by atoms with van der Waals surface area (Å²) in [7, 11) is 3.93. The quantitative estimate of drug-likeness (QED) is 0.0433. The van der Waals surface area contributed by atoms with Crippen molar-refractivity contribution in [1.29, 1.82) is 0 Å². The van der Waals surface area contributed by atoms with Gasteiger partial charge in [0.15, 0.2) is 5.41 Å².